The maximum Gasteiger partial charge on any atom is 2.00 e. The van der Waals surface area contributed by atoms with E-state index in [0.29, 0.717) is 22.9 Å². The Labute approximate surface area is 201 Å². The van der Waals surface area contributed by atoms with Gasteiger partial charge in [0, 0.05) is 0 Å². The van der Waals surface area contributed by atoms with E-state index in [1.807, 2.05) is 60.7 Å². The minimum absolute atomic E-state index is 0. The summed E-state index contributed by atoms with van der Waals surface area (Å²) < 4.78 is 11.1. The molecule has 0 saturated carbocycles. The second-order valence-corrected chi connectivity index (χ2v) is 7.01. The van der Waals surface area contributed by atoms with Crippen molar-refractivity contribution < 1.29 is 38.5 Å². The summed E-state index contributed by atoms with van der Waals surface area (Å²) in [7, 11) is 0. The normalized spacial score (nSPS) is 10.4. The molecule has 7 heteroatoms. The quantitative estimate of drug-likeness (QED) is 0.275. The number of nitrogens with zero attached hydrogens (tertiary/aromatic N) is 2. The van der Waals surface area contributed by atoms with Gasteiger partial charge in [0.25, 0.3) is 0 Å². The molecule has 0 aliphatic heterocycles. The Bertz CT molecular complexity index is 1340. The summed E-state index contributed by atoms with van der Waals surface area (Å²) >= 11 is 0. The van der Waals surface area contributed by atoms with Crippen LogP contribution in [-0.2, 0) is 19.5 Å². The van der Waals surface area contributed by atoms with Crippen molar-refractivity contribution in [3.8, 4) is 34.4 Å². The molecule has 0 aliphatic rings. The zero-order valence-electron chi connectivity index (χ0n) is 17.6. The molecule has 6 aromatic rings. The van der Waals surface area contributed by atoms with Gasteiger partial charge >= 0.3 is 19.5 Å². The number of fused-ring (bicyclic) bond motifs is 2. The third-order valence-corrected chi connectivity index (χ3v) is 4.86. The molecule has 0 radical (unpaired) electrons. The van der Waals surface area contributed by atoms with E-state index in [1.165, 1.54) is 0 Å². The van der Waals surface area contributed by atoms with E-state index < -0.39 is 0 Å². The molecule has 0 unspecified atom stereocenters. The van der Waals surface area contributed by atoms with Crippen LogP contribution in [-0.4, -0.2) is 20.2 Å². The molecule has 0 saturated heterocycles. The molecular weight excluding hydrogens is 470 g/mol. The van der Waals surface area contributed by atoms with Crippen LogP contribution >= 0.6 is 0 Å². The smallest absolute Gasteiger partial charge is 0.507 e. The molecule has 0 fully saturated rings. The second kappa shape index (κ2) is 9.67. The Balaban J connectivity index is 0.000000152. The van der Waals surface area contributed by atoms with Gasteiger partial charge < -0.3 is 19.0 Å². The Morgan fingerprint density at radius 1 is 0.485 bits per heavy atom. The van der Waals surface area contributed by atoms with Gasteiger partial charge in [-0.25, -0.2) is 9.97 Å². The van der Waals surface area contributed by atoms with Crippen LogP contribution in [0.4, 0.5) is 0 Å². The number of phenolic OH excluding ortho intramolecular Hbond substituents is 2. The van der Waals surface area contributed by atoms with Crippen molar-refractivity contribution in [2.45, 2.75) is 0 Å². The first-order chi connectivity index (χ1) is 15.7. The third-order valence-electron chi connectivity index (χ3n) is 4.86. The predicted octanol–water partition coefficient (Wildman–Crippen LogP) is 6.40. The fraction of sp³-hybridized carbons (Fsp3) is 0. The van der Waals surface area contributed by atoms with Crippen molar-refractivity contribution in [1.82, 2.24) is 9.97 Å². The zero-order chi connectivity index (χ0) is 21.9. The van der Waals surface area contributed by atoms with Crippen LogP contribution in [0.2, 0.25) is 0 Å². The molecular formula is C26H18N2O4Zn+2. The monoisotopic (exact) mass is 486 g/mol. The zero-order valence-corrected chi connectivity index (χ0v) is 20.5. The molecule has 4 aromatic carbocycles. The maximum atomic E-state index is 9.69. The molecule has 0 aliphatic carbocycles. The van der Waals surface area contributed by atoms with Gasteiger partial charge in [-0.15, -0.1) is 0 Å². The Morgan fingerprint density at radius 2 is 0.848 bits per heavy atom. The van der Waals surface area contributed by atoms with Crippen molar-refractivity contribution in [3.63, 3.8) is 0 Å². The van der Waals surface area contributed by atoms with Gasteiger partial charge in [0.2, 0.25) is 11.8 Å². The van der Waals surface area contributed by atoms with Gasteiger partial charge in [-0.1, -0.05) is 48.5 Å². The Hall–Kier alpha value is -3.96. The molecule has 6 rings (SSSR count). The number of rotatable bonds is 2. The minimum atomic E-state index is 0. The van der Waals surface area contributed by atoms with Crippen LogP contribution in [0.25, 0.3) is 45.1 Å². The van der Waals surface area contributed by atoms with Crippen molar-refractivity contribution in [2.24, 2.45) is 0 Å². The number of aromatic nitrogens is 2. The molecule has 0 spiro atoms. The SMILES string of the molecule is Oc1ccccc1-c1nc2ccccc2o1.Oc1ccccc1-c1nc2ccccc2o1.[Zn+2]. The second-order valence-electron chi connectivity index (χ2n) is 7.01. The third kappa shape index (κ3) is 4.64. The van der Waals surface area contributed by atoms with E-state index in [9.17, 15) is 10.2 Å². The van der Waals surface area contributed by atoms with E-state index >= 15 is 0 Å². The number of hydrogen-bond acceptors (Lipinski definition) is 6. The molecule has 0 bridgehead atoms. The first kappa shape index (κ1) is 22.2. The van der Waals surface area contributed by atoms with Crippen LogP contribution in [0.3, 0.4) is 0 Å². The molecule has 0 amide bonds. The molecule has 156 valence electrons. The van der Waals surface area contributed by atoms with Gasteiger partial charge in [-0.2, -0.15) is 0 Å². The van der Waals surface area contributed by atoms with Crippen LogP contribution in [0.15, 0.2) is 106 Å². The van der Waals surface area contributed by atoms with Gasteiger partial charge in [0.15, 0.2) is 11.2 Å². The van der Waals surface area contributed by atoms with Crippen molar-refractivity contribution in [2.75, 3.05) is 0 Å². The van der Waals surface area contributed by atoms with E-state index in [2.05, 4.69) is 9.97 Å². The van der Waals surface area contributed by atoms with Crippen molar-refractivity contribution in [3.05, 3.63) is 97.1 Å². The maximum absolute atomic E-state index is 9.69. The Morgan fingerprint density at radius 3 is 1.24 bits per heavy atom. The fourth-order valence-electron chi connectivity index (χ4n) is 3.28. The molecule has 2 heterocycles. The molecule has 2 N–H and O–H groups in total. The van der Waals surface area contributed by atoms with Gasteiger partial charge in [-0.3, -0.25) is 0 Å². The summed E-state index contributed by atoms with van der Waals surface area (Å²) in [6, 6.07) is 29.0. The number of aromatic hydroxyl groups is 2. The molecule has 2 aromatic heterocycles. The summed E-state index contributed by atoms with van der Waals surface area (Å²) in [6.07, 6.45) is 0. The van der Waals surface area contributed by atoms with E-state index in [0.717, 1.165) is 22.2 Å². The summed E-state index contributed by atoms with van der Waals surface area (Å²) in [5.41, 5.74) is 4.25. The summed E-state index contributed by atoms with van der Waals surface area (Å²) in [5.74, 6) is 1.24. The Kier molecular flexibility index (Phi) is 6.52. The molecule has 6 nitrogen and oxygen atoms in total. The number of hydrogen-bond donors (Lipinski definition) is 2. The predicted molar refractivity (Wildman–Crippen MR) is 122 cm³/mol. The van der Waals surface area contributed by atoms with Crippen LogP contribution in [0.5, 0.6) is 11.5 Å². The number of phenols is 2. The standard InChI is InChI=1S/2C13H9NO2.Zn/c2*15-11-7-3-1-5-9(11)13-14-10-6-2-4-8-12(10)16-13;/h2*1-8,15H;/q;;+2. The molecule has 33 heavy (non-hydrogen) atoms. The van der Waals surface area contributed by atoms with E-state index in [1.54, 1.807) is 36.4 Å². The topological polar surface area (TPSA) is 92.5 Å². The first-order valence-electron chi connectivity index (χ1n) is 9.97. The summed E-state index contributed by atoms with van der Waals surface area (Å²) in [4.78, 5) is 8.63. The number of benzene rings is 4. The minimum Gasteiger partial charge on any atom is -0.507 e. The van der Waals surface area contributed by atoms with Crippen LogP contribution < -0.4 is 0 Å². The van der Waals surface area contributed by atoms with Crippen LogP contribution in [0, 0.1) is 0 Å². The summed E-state index contributed by atoms with van der Waals surface area (Å²) in [5, 5.41) is 19.4. The number of oxazole rings is 2. The van der Waals surface area contributed by atoms with Crippen molar-refractivity contribution >= 4 is 22.2 Å². The van der Waals surface area contributed by atoms with Gasteiger partial charge in [0.1, 0.15) is 22.5 Å². The van der Waals surface area contributed by atoms with Gasteiger partial charge in [-0.05, 0) is 48.5 Å². The van der Waals surface area contributed by atoms with Gasteiger partial charge in [0.05, 0.1) is 11.1 Å². The summed E-state index contributed by atoms with van der Waals surface area (Å²) in [6.45, 7) is 0. The average Bonchev–Trinajstić information content (AvgIpc) is 3.44. The van der Waals surface area contributed by atoms with Crippen molar-refractivity contribution in [1.29, 1.82) is 0 Å². The van der Waals surface area contributed by atoms with E-state index in [-0.39, 0.29) is 31.0 Å². The first-order valence-corrected chi connectivity index (χ1v) is 9.97. The average molecular weight is 488 g/mol. The largest absolute Gasteiger partial charge is 2.00 e. The fourth-order valence-corrected chi connectivity index (χ4v) is 3.28. The molecule has 0 atom stereocenters. The van der Waals surface area contributed by atoms with Crippen LogP contribution in [0.1, 0.15) is 0 Å². The van der Waals surface area contributed by atoms with E-state index in [4.69, 9.17) is 8.83 Å². The number of para-hydroxylation sites is 6.